The van der Waals surface area contributed by atoms with Gasteiger partial charge >= 0.3 is 0 Å². The summed E-state index contributed by atoms with van der Waals surface area (Å²) in [6.07, 6.45) is 0. The summed E-state index contributed by atoms with van der Waals surface area (Å²) < 4.78 is 9.61. The van der Waals surface area contributed by atoms with Crippen molar-refractivity contribution in [3.05, 3.63) is 211 Å². The van der Waals surface area contributed by atoms with Crippen molar-refractivity contribution in [2.45, 2.75) is 52.4 Å². The van der Waals surface area contributed by atoms with E-state index in [1.54, 1.807) is 0 Å². The number of furan rings is 1. The predicted octanol–water partition coefficient (Wildman–Crippen LogP) is 18.9. The lowest BCUT2D eigenvalue weighted by Crippen LogP contribution is -2.10. The second-order valence-corrected chi connectivity index (χ2v) is 20.8. The molecule has 13 aromatic rings. The van der Waals surface area contributed by atoms with E-state index in [0.29, 0.717) is 0 Å². The summed E-state index contributed by atoms with van der Waals surface area (Å²) in [4.78, 5) is 0. The van der Waals surface area contributed by atoms with E-state index in [2.05, 4.69) is 246 Å². The van der Waals surface area contributed by atoms with Gasteiger partial charge in [0.1, 0.15) is 11.2 Å². The molecule has 2 heterocycles. The Morgan fingerprint density at radius 2 is 0.765 bits per heavy atom. The van der Waals surface area contributed by atoms with E-state index in [9.17, 15) is 0 Å². The molecule has 13 rings (SSSR count). The average molecular weight is 874 g/mol. The minimum absolute atomic E-state index is 0.0153. The molecule has 0 atom stereocenters. The SMILES string of the molecule is CC(C)(C)c1ccc2c(c1)c1cc(C(C)(C)C)ccc1n2-c1c2ccccc2c(-c2cccc3c2oc2ccc(-c4c5ccccc5c(-c5ccccc5)c5ccccc45)cc23)c2ccccc12. The number of hydrogen-bond acceptors (Lipinski definition) is 1. The number of aromatic nitrogens is 1. The van der Waals surface area contributed by atoms with Crippen molar-refractivity contribution in [1.82, 2.24) is 4.57 Å². The van der Waals surface area contributed by atoms with E-state index >= 15 is 0 Å². The van der Waals surface area contributed by atoms with Crippen LogP contribution >= 0.6 is 0 Å². The van der Waals surface area contributed by atoms with E-state index in [0.717, 1.165) is 27.5 Å². The van der Waals surface area contributed by atoms with Gasteiger partial charge in [0.25, 0.3) is 0 Å². The number of fused-ring (bicyclic) bond motifs is 10. The first kappa shape index (κ1) is 40.3. The van der Waals surface area contributed by atoms with Crippen LogP contribution in [0.15, 0.2) is 205 Å². The highest BCUT2D eigenvalue weighted by atomic mass is 16.3. The van der Waals surface area contributed by atoms with Crippen LogP contribution in [0.4, 0.5) is 0 Å². The fourth-order valence-corrected chi connectivity index (χ4v) is 11.3. The molecule has 0 aliphatic carbocycles. The van der Waals surface area contributed by atoms with Crippen molar-refractivity contribution in [2.75, 3.05) is 0 Å². The van der Waals surface area contributed by atoms with Gasteiger partial charge in [-0.2, -0.15) is 0 Å². The molecule has 0 N–H and O–H groups in total. The Bertz CT molecular complexity index is 4020. The zero-order chi connectivity index (χ0) is 46.1. The molecular formula is C66H51NO. The lowest BCUT2D eigenvalue weighted by Gasteiger charge is -2.21. The Labute approximate surface area is 396 Å². The van der Waals surface area contributed by atoms with E-state index < -0.39 is 0 Å². The van der Waals surface area contributed by atoms with Gasteiger partial charge in [0.05, 0.1) is 16.7 Å². The Hall–Kier alpha value is -7.94. The minimum Gasteiger partial charge on any atom is -0.455 e. The smallest absolute Gasteiger partial charge is 0.143 e. The summed E-state index contributed by atoms with van der Waals surface area (Å²) in [5.74, 6) is 0. The standard InChI is InChI=1S/C66H51NO/c1-65(2,3)42-32-34-57-54(38-42)55-39-43(66(4,5)6)33-35-58(55)67(57)63-50-27-16-14-25-48(50)62(49-26-15-17-28-51(49)63)53-30-18-29-52-56-37-41(31-36-59(56)68-64(52)53)61-46-23-12-10-21-44(46)60(40-19-8-7-9-20-40)45-22-11-13-24-47(45)61/h7-39H,1-6H3. The van der Waals surface area contributed by atoms with Crippen LogP contribution in [0, 0.1) is 0 Å². The lowest BCUT2D eigenvalue weighted by atomic mass is 9.85. The van der Waals surface area contributed by atoms with Crippen molar-refractivity contribution in [3.8, 4) is 39.1 Å². The van der Waals surface area contributed by atoms with Gasteiger partial charge in [0.2, 0.25) is 0 Å². The third-order valence-electron chi connectivity index (χ3n) is 14.7. The molecule has 0 aliphatic heterocycles. The number of para-hydroxylation sites is 1. The van der Waals surface area contributed by atoms with Gasteiger partial charge in [-0.1, -0.05) is 205 Å². The van der Waals surface area contributed by atoms with Crippen molar-refractivity contribution in [2.24, 2.45) is 0 Å². The Morgan fingerprint density at radius 3 is 1.26 bits per heavy atom. The van der Waals surface area contributed by atoms with Crippen molar-refractivity contribution in [3.63, 3.8) is 0 Å². The molecule has 0 radical (unpaired) electrons. The van der Waals surface area contributed by atoms with E-state index in [4.69, 9.17) is 4.42 Å². The highest BCUT2D eigenvalue weighted by Gasteiger charge is 2.26. The van der Waals surface area contributed by atoms with E-state index in [-0.39, 0.29) is 10.8 Å². The van der Waals surface area contributed by atoms with Crippen LogP contribution in [0.2, 0.25) is 0 Å². The molecule has 0 saturated heterocycles. The molecular weight excluding hydrogens is 823 g/mol. The molecule has 2 nitrogen and oxygen atoms in total. The summed E-state index contributed by atoms with van der Waals surface area (Å²) in [5.41, 5.74) is 15.3. The minimum atomic E-state index is 0.0153. The van der Waals surface area contributed by atoms with E-state index in [1.165, 1.54) is 110 Å². The molecule has 0 aliphatic rings. The Morgan fingerprint density at radius 1 is 0.324 bits per heavy atom. The third kappa shape index (κ3) is 6.03. The number of hydrogen-bond donors (Lipinski definition) is 0. The summed E-state index contributed by atoms with van der Waals surface area (Å²) in [7, 11) is 0. The maximum atomic E-state index is 7.07. The molecule has 0 fully saturated rings. The predicted molar refractivity (Wildman–Crippen MR) is 292 cm³/mol. The molecule has 68 heavy (non-hydrogen) atoms. The zero-order valence-corrected chi connectivity index (χ0v) is 39.4. The molecule has 326 valence electrons. The van der Waals surface area contributed by atoms with Crippen LogP contribution in [0.1, 0.15) is 52.7 Å². The van der Waals surface area contributed by atoms with Gasteiger partial charge in [-0.25, -0.2) is 0 Å². The van der Waals surface area contributed by atoms with Crippen molar-refractivity contribution in [1.29, 1.82) is 0 Å². The van der Waals surface area contributed by atoms with Gasteiger partial charge < -0.3 is 8.98 Å². The van der Waals surface area contributed by atoms with Crippen LogP contribution < -0.4 is 0 Å². The topological polar surface area (TPSA) is 18.1 Å². The van der Waals surface area contributed by atoms with Gasteiger partial charge in [0.15, 0.2) is 0 Å². The Balaban J connectivity index is 1.06. The number of benzene rings is 11. The highest BCUT2D eigenvalue weighted by molar-refractivity contribution is 6.25. The fraction of sp³-hybridized carbons (Fsp3) is 0.121. The number of rotatable bonds is 4. The molecule has 0 saturated carbocycles. The molecule has 0 amide bonds. The first-order valence-electron chi connectivity index (χ1n) is 24.0. The summed E-state index contributed by atoms with van der Waals surface area (Å²) in [5, 5.41) is 14.6. The van der Waals surface area contributed by atoms with Crippen LogP contribution in [-0.4, -0.2) is 4.57 Å². The summed E-state index contributed by atoms with van der Waals surface area (Å²) in [6.45, 7) is 13.9. The van der Waals surface area contributed by atoms with E-state index in [1.807, 2.05) is 0 Å². The van der Waals surface area contributed by atoms with Crippen LogP contribution in [-0.2, 0) is 10.8 Å². The summed E-state index contributed by atoms with van der Waals surface area (Å²) in [6, 6.07) is 74.3. The Kier molecular flexibility index (Phi) is 8.77. The molecule has 0 spiro atoms. The highest BCUT2D eigenvalue weighted by Crippen LogP contribution is 2.49. The van der Waals surface area contributed by atoms with Crippen molar-refractivity contribution < 1.29 is 4.42 Å². The van der Waals surface area contributed by atoms with Gasteiger partial charge in [-0.15, -0.1) is 0 Å². The van der Waals surface area contributed by atoms with Crippen LogP contribution in [0.25, 0.3) is 126 Å². The zero-order valence-electron chi connectivity index (χ0n) is 39.4. The molecule has 0 unspecified atom stereocenters. The normalized spacial score (nSPS) is 12.6. The second-order valence-electron chi connectivity index (χ2n) is 20.8. The quantitative estimate of drug-likeness (QED) is 0.161. The van der Waals surface area contributed by atoms with Gasteiger partial charge in [0, 0.05) is 43.4 Å². The molecule has 0 bridgehead atoms. The molecule has 11 aromatic carbocycles. The largest absolute Gasteiger partial charge is 0.455 e. The van der Waals surface area contributed by atoms with Crippen molar-refractivity contribution >= 4 is 86.8 Å². The van der Waals surface area contributed by atoms with Crippen LogP contribution in [0.5, 0.6) is 0 Å². The van der Waals surface area contributed by atoms with Gasteiger partial charge in [-0.3, -0.25) is 0 Å². The van der Waals surface area contributed by atoms with Crippen LogP contribution in [0.3, 0.4) is 0 Å². The lowest BCUT2D eigenvalue weighted by molar-refractivity contribution is 0.590. The maximum Gasteiger partial charge on any atom is 0.143 e. The first-order chi connectivity index (χ1) is 33.0. The molecule has 2 aromatic heterocycles. The maximum absolute atomic E-state index is 7.07. The average Bonchev–Trinajstić information content (AvgIpc) is 3.89. The fourth-order valence-electron chi connectivity index (χ4n) is 11.3. The van der Waals surface area contributed by atoms with Gasteiger partial charge in [-0.05, 0) is 113 Å². The molecule has 2 heteroatoms. The second kappa shape index (κ2) is 14.8. The number of nitrogens with zero attached hydrogens (tertiary/aromatic N) is 1. The third-order valence-corrected chi connectivity index (χ3v) is 14.7. The summed E-state index contributed by atoms with van der Waals surface area (Å²) >= 11 is 0. The first-order valence-corrected chi connectivity index (χ1v) is 24.0. The monoisotopic (exact) mass is 873 g/mol.